The Morgan fingerprint density at radius 1 is 1.42 bits per heavy atom. The van der Waals surface area contributed by atoms with Crippen LogP contribution in [0.5, 0.6) is 0 Å². The van der Waals surface area contributed by atoms with E-state index in [2.05, 4.69) is 17.4 Å². The molecule has 0 saturated carbocycles. The molecule has 2 aliphatic heterocycles. The minimum atomic E-state index is 0.186. The number of carbonyl (C=O) groups is 1. The number of rotatable bonds is 3. The van der Waals surface area contributed by atoms with Crippen LogP contribution in [0, 0.1) is 5.92 Å². The van der Waals surface area contributed by atoms with E-state index in [1.54, 1.807) is 4.90 Å². The second-order valence-electron chi connectivity index (χ2n) is 5.41. The highest BCUT2D eigenvalue weighted by atomic mass is 32.2. The average molecular weight is 276 g/mol. The quantitative estimate of drug-likeness (QED) is 0.920. The van der Waals surface area contributed by atoms with Gasteiger partial charge in [0.25, 0.3) is 0 Å². The SMILES string of the molecule is CN1C(=O)CC(NCC2CCSC2)c2ccccc21. The van der Waals surface area contributed by atoms with Gasteiger partial charge in [0, 0.05) is 25.2 Å². The monoisotopic (exact) mass is 276 g/mol. The number of carbonyl (C=O) groups excluding carboxylic acids is 1. The first-order valence-corrected chi connectivity index (χ1v) is 8.08. The zero-order chi connectivity index (χ0) is 13.2. The van der Waals surface area contributed by atoms with Crippen LogP contribution in [0.2, 0.25) is 0 Å². The molecule has 1 amide bonds. The van der Waals surface area contributed by atoms with Crippen LogP contribution < -0.4 is 10.2 Å². The topological polar surface area (TPSA) is 32.3 Å². The smallest absolute Gasteiger partial charge is 0.228 e. The molecular formula is C15H20N2OS. The Labute approximate surface area is 118 Å². The third kappa shape index (κ3) is 2.65. The van der Waals surface area contributed by atoms with E-state index in [1.165, 1.54) is 23.5 Å². The second-order valence-corrected chi connectivity index (χ2v) is 6.56. The summed E-state index contributed by atoms with van der Waals surface area (Å²) in [4.78, 5) is 13.8. The lowest BCUT2D eigenvalue weighted by Gasteiger charge is -2.32. The van der Waals surface area contributed by atoms with Gasteiger partial charge in [-0.15, -0.1) is 0 Å². The Hall–Kier alpha value is -1.00. The average Bonchev–Trinajstić information content (AvgIpc) is 2.95. The van der Waals surface area contributed by atoms with E-state index in [-0.39, 0.29) is 11.9 Å². The third-order valence-corrected chi connectivity index (χ3v) is 5.33. The zero-order valence-corrected chi connectivity index (χ0v) is 12.1. The minimum Gasteiger partial charge on any atom is -0.315 e. The molecule has 2 unspecified atom stereocenters. The Bertz CT molecular complexity index is 471. The number of amides is 1. The van der Waals surface area contributed by atoms with Gasteiger partial charge >= 0.3 is 0 Å². The van der Waals surface area contributed by atoms with Gasteiger partial charge in [-0.3, -0.25) is 4.79 Å². The van der Waals surface area contributed by atoms with Crippen molar-refractivity contribution in [1.82, 2.24) is 5.32 Å². The highest BCUT2D eigenvalue weighted by Crippen LogP contribution is 2.33. The highest BCUT2D eigenvalue weighted by molar-refractivity contribution is 7.99. The predicted octanol–water partition coefficient (Wildman–Crippen LogP) is 2.44. The van der Waals surface area contributed by atoms with E-state index in [4.69, 9.17) is 0 Å². The first-order valence-electron chi connectivity index (χ1n) is 6.92. The number of anilines is 1. The van der Waals surface area contributed by atoms with E-state index in [0.29, 0.717) is 6.42 Å². The molecule has 2 atom stereocenters. The van der Waals surface area contributed by atoms with Crippen molar-refractivity contribution < 1.29 is 4.79 Å². The molecule has 4 heteroatoms. The molecule has 1 fully saturated rings. The van der Waals surface area contributed by atoms with Gasteiger partial charge in [-0.2, -0.15) is 11.8 Å². The fraction of sp³-hybridized carbons (Fsp3) is 0.533. The molecule has 1 aromatic carbocycles. The maximum Gasteiger partial charge on any atom is 0.228 e. The van der Waals surface area contributed by atoms with Gasteiger partial charge in [0.2, 0.25) is 5.91 Å². The number of benzene rings is 1. The number of fused-ring (bicyclic) bond motifs is 1. The molecule has 2 aliphatic rings. The number of thioether (sulfide) groups is 1. The van der Waals surface area contributed by atoms with E-state index >= 15 is 0 Å². The van der Waals surface area contributed by atoms with Crippen molar-refractivity contribution in [3.63, 3.8) is 0 Å². The van der Waals surface area contributed by atoms with Crippen molar-refractivity contribution in [2.45, 2.75) is 18.9 Å². The summed E-state index contributed by atoms with van der Waals surface area (Å²) < 4.78 is 0. The summed E-state index contributed by atoms with van der Waals surface area (Å²) >= 11 is 2.04. The summed E-state index contributed by atoms with van der Waals surface area (Å²) in [6.07, 6.45) is 1.88. The number of hydrogen-bond donors (Lipinski definition) is 1. The van der Waals surface area contributed by atoms with Gasteiger partial charge in [-0.25, -0.2) is 0 Å². The van der Waals surface area contributed by atoms with Crippen LogP contribution in [0.15, 0.2) is 24.3 Å². The normalized spacial score (nSPS) is 26.6. The zero-order valence-electron chi connectivity index (χ0n) is 11.3. The Balaban J connectivity index is 1.74. The first kappa shape index (κ1) is 13.0. The lowest BCUT2D eigenvalue weighted by atomic mass is 9.95. The van der Waals surface area contributed by atoms with Crippen molar-refractivity contribution in [3.05, 3.63) is 29.8 Å². The second kappa shape index (κ2) is 5.55. The Morgan fingerprint density at radius 3 is 3.05 bits per heavy atom. The summed E-state index contributed by atoms with van der Waals surface area (Å²) in [6, 6.07) is 8.41. The van der Waals surface area contributed by atoms with E-state index < -0.39 is 0 Å². The number of hydrogen-bond acceptors (Lipinski definition) is 3. The van der Waals surface area contributed by atoms with Crippen molar-refractivity contribution in [3.8, 4) is 0 Å². The van der Waals surface area contributed by atoms with Crippen LogP contribution in [-0.2, 0) is 4.79 Å². The summed E-state index contributed by atoms with van der Waals surface area (Å²) in [5, 5.41) is 3.61. The summed E-state index contributed by atoms with van der Waals surface area (Å²) in [7, 11) is 1.87. The highest BCUT2D eigenvalue weighted by Gasteiger charge is 2.29. The van der Waals surface area contributed by atoms with E-state index in [9.17, 15) is 4.79 Å². The van der Waals surface area contributed by atoms with Crippen LogP contribution >= 0.6 is 11.8 Å². The van der Waals surface area contributed by atoms with Crippen LogP contribution in [0.1, 0.15) is 24.4 Å². The van der Waals surface area contributed by atoms with Crippen LogP contribution in [-0.4, -0.2) is 31.0 Å². The van der Waals surface area contributed by atoms with Crippen LogP contribution in [0.25, 0.3) is 0 Å². The maximum absolute atomic E-state index is 12.0. The number of nitrogens with zero attached hydrogens (tertiary/aromatic N) is 1. The molecule has 1 N–H and O–H groups in total. The van der Waals surface area contributed by atoms with Gasteiger partial charge in [-0.1, -0.05) is 18.2 Å². The predicted molar refractivity (Wildman–Crippen MR) is 80.6 cm³/mol. The van der Waals surface area contributed by atoms with Crippen molar-refractivity contribution in [2.75, 3.05) is 30.0 Å². The lowest BCUT2D eigenvalue weighted by molar-refractivity contribution is -0.119. The first-order chi connectivity index (χ1) is 9.25. The third-order valence-electron chi connectivity index (χ3n) is 4.10. The maximum atomic E-state index is 12.0. The van der Waals surface area contributed by atoms with Gasteiger partial charge < -0.3 is 10.2 Å². The molecule has 0 spiro atoms. The molecule has 19 heavy (non-hydrogen) atoms. The Morgan fingerprint density at radius 2 is 2.26 bits per heavy atom. The molecule has 3 nitrogen and oxygen atoms in total. The van der Waals surface area contributed by atoms with Gasteiger partial charge in [0.1, 0.15) is 0 Å². The molecule has 102 valence electrons. The molecular weight excluding hydrogens is 256 g/mol. The standard InChI is InChI=1S/C15H20N2OS/c1-17-14-5-3-2-4-12(14)13(8-15(17)18)16-9-11-6-7-19-10-11/h2-5,11,13,16H,6-10H2,1H3. The van der Waals surface area contributed by atoms with Gasteiger partial charge in [0.15, 0.2) is 0 Å². The van der Waals surface area contributed by atoms with Crippen molar-refractivity contribution in [1.29, 1.82) is 0 Å². The largest absolute Gasteiger partial charge is 0.315 e. The summed E-state index contributed by atoms with van der Waals surface area (Å²) in [6.45, 7) is 1.03. The van der Waals surface area contributed by atoms with E-state index in [1.807, 2.05) is 30.9 Å². The molecule has 1 aromatic rings. The van der Waals surface area contributed by atoms with Crippen molar-refractivity contribution >= 4 is 23.4 Å². The van der Waals surface area contributed by atoms with Crippen molar-refractivity contribution in [2.24, 2.45) is 5.92 Å². The minimum absolute atomic E-state index is 0.186. The molecule has 0 bridgehead atoms. The Kier molecular flexibility index (Phi) is 3.80. The lowest BCUT2D eigenvalue weighted by Crippen LogP contribution is -2.39. The summed E-state index contributed by atoms with van der Waals surface area (Å²) in [5.41, 5.74) is 2.31. The van der Waals surface area contributed by atoms with Crippen LogP contribution in [0.4, 0.5) is 5.69 Å². The van der Waals surface area contributed by atoms with Gasteiger partial charge in [0.05, 0.1) is 0 Å². The number of nitrogens with one attached hydrogen (secondary N) is 1. The molecule has 1 saturated heterocycles. The molecule has 0 aromatic heterocycles. The summed E-state index contributed by atoms with van der Waals surface area (Å²) in [5.74, 6) is 3.52. The van der Waals surface area contributed by atoms with Gasteiger partial charge in [-0.05, 0) is 42.0 Å². The fourth-order valence-corrected chi connectivity index (χ4v) is 4.16. The molecule has 3 rings (SSSR count). The molecule has 0 radical (unpaired) electrons. The fourth-order valence-electron chi connectivity index (χ4n) is 2.88. The van der Waals surface area contributed by atoms with E-state index in [0.717, 1.165) is 18.2 Å². The number of para-hydroxylation sites is 1. The molecule has 0 aliphatic carbocycles. The van der Waals surface area contributed by atoms with Crippen LogP contribution in [0.3, 0.4) is 0 Å². The molecule has 2 heterocycles.